The van der Waals surface area contributed by atoms with Crippen LogP contribution in [0.5, 0.6) is 0 Å². The van der Waals surface area contributed by atoms with Crippen LogP contribution < -0.4 is 4.72 Å². The molecule has 5 nitrogen and oxygen atoms in total. The van der Waals surface area contributed by atoms with Gasteiger partial charge in [-0.2, -0.15) is 0 Å². The summed E-state index contributed by atoms with van der Waals surface area (Å²) in [5, 5.41) is 0. The zero-order valence-electron chi connectivity index (χ0n) is 19.9. The van der Waals surface area contributed by atoms with Crippen LogP contribution in [0, 0.1) is 0 Å². The molecule has 0 amide bonds. The summed E-state index contributed by atoms with van der Waals surface area (Å²) < 4.78 is 33.6. The van der Waals surface area contributed by atoms with Gasteiger partial charge in [-0.25, -0.2) is 13.1 Å². The molecule has 4 rings (SSSR count). The second-order valence-electron chi connectivity index (χ2n) is 9.74. The number of ether oxygens (including phenoxy) is 1. The van der Waals surface area contributed by atoms with Crippen LogP contribution in [0.4, 0.5) is 0 Å². The van der Waals surface area contributed by atoms with Crippen LogP contribution >= 0.6 is 0 Å². The van der Waals surface area contributed by atoms with Crippen LogP contribution in [-0.4, -0.2) is 50.4 Å². The Balaban J connectivity index is 1.41. The number of hydrogen-bond donors (Lipinski definition) is 1. The largest absolute Gasteiger partial charge is 0.377 e. The topological polar surface area (TPSA) is 58.6 Å². The molecule has 2 aromatic carbocycles. The average molecular weight is 471 g/mol. The van der Waals surface area contributed by atoms with Crippen molar-refractivity contribution in [2.45, 2.75) is 82.1 Å². The second-order valence-corrected chi connectivity index (χ2v) is 11.5. The minimum Gasteiger partial charge on any atom is -0.377 e. The van der Waals surface area contributed by atoms with Gasteiger partial charge in [0, 0.05) is 18.6 Å². The van der Waals surface area contributed by atoms with Crippen molar-refractivity contribution in [1.82, 2.24) is 9.62 Å². The molecule has 1 N–H and O–H groups in total. The number of likely N-dealkylation sites (tertiary alicyclic amines) is 1. The number of benzene rings is 2. The van der Waals surface area contributed by atoms with Crippen molar-refractivity contribution in [1.29, 1.82) is 0 Å². The molecule has 180 valence electrons. The third kappa shape index (κ3) is 6.66. The van der Waals surface area contributed by atoms with Crippen LogP contribution in [0.15, 0.2) is 60.7 Å². The van der Waals surface area contributed by atoms with E-state index < -0.39 is 10.0 Å². The normalized spacial score (nSPS) is 28.7. The summed E-state index contributed by atoms with van der Waals surface area (Å²) in [5.41, 5.74) is 2.69. The summed E-state index contributed by atoms with van der Waals surface area (Å²) in [6.07, 6.45) is 7.75. The minimum absolute atomic E-state index is 0.0386. The number of nitrogens with one attached hydrogen (secondary N) is 1. The van der Waals surface area contributed by atoms with Crippen LogP contribution in [0.2, 0.25) is 0 Å². The maximum absolute atomic E-state index is 12.1. The SMILES string of the molecule is CCC1C[C@H](NS(C)(=O)=O)C(CO[C@H]2CC[C@@H](c3ccccc3)CC2)N1Cc1ccccc1. The van der Waals surface area contributed by atoms with Crippen LogP contribution in [0.25, 0.3) is 0 Å². The van der Waals surface area contributed by atoms with Gasteiger partial charge in [0.2, 0.25) is 10.0 Å². The summed E-state index contributed by atoms with van der Waals surface area (Å²) in [4.78, 5) is 2.47. The standard InChI is InChI=1S/C27H38N2O3S/c1-3-24-18-26(28-33(2,30)31)27(29(24)19-21-10-6-4-7-11-21)20-32-25-16-14-23(15-17-25)22-12-8-5-9-13-22/h4-13,23-28H,3,14-20H2,1-2H3/t23-,24?,25+,26-,27?/m0/s1. The number of hydrogen-bond acceptors (Lipinski definition) is 4. The second kappa shape index (κ2) is 11.1. The molecular formula is C27H38N2O3S. The average Bonchev–Trinajstić information content (AvgIpc) is 3.13. The Kier molecular flexibility index (Phi) is 8.23. The van der Waals surface area contributed by atoms with Gasteiger partial charge in [-0.1, -0.05) is 67.6 Å². The van der Waals surface area contributed by atoms with Crippen LogP contribution in [0.3, 0.4) is 0 Å². The van der Waals surface area contributed by atoms with Crippen molar-refractivity contribution in [2.24, 2.45) is 0 Å². The molecule has 6 heteroatoms. The van der Waals surface area contributed by atoms with Crippen molar-refractivity contribution in [3.05, 3.63) is 71.8 Å². The number of rotatable bonds is 9. The zero-order valence-corrected chi connectivity index (χ0v) is 20.7. The summed E-state index contributed by atoms with van der Waals surface area (Å²) in [5.74, 6) is 0.622. The first kappa shape index (κ1) is 24.4. The summed E-state index contributed by atoms with van der Waals surface area (Å²) in [6, 6.07) is 21.5. The molecule has 2 aromatic rings. The monoisotopic (exact) mass is 470 g/mol. The maximum Gasteiger partial charge on any atom is 0.209 e. The molecule has 2 fully saturated rings. The lowest BCUT2D eigenvalue weighted by molar-refractivity contribution is -0.0124. The van der Waals surface area contributed by atoms with Crippen LogP contribution in [-0.2, 0) is 21.3 Å². The fourth-order valence-corrected chi connectivity index (χ4v) is 6.47. The quantitative estimate of drug-likeness (QED) is 0.577. The van der Waals surface area contributed by atoms with E-state index in [2.05, 4.69) is 71.1 Å². The van der Waals surface area contributed by atoms with Gasteiger partial charge in [-0.15, -0.1) is 0 Å². The Bertz CT molecular complexity index is 959. The Morgan fingerprint density at radius 3 is 2.21 bits per heavy atom. The smallest absolute Gasteiger partial charge is 0.209 e. The highest BCUT2D eigenvalue weighted by molar-refractivity contribution is 7.88. The molecule has 3 atom stereocenters. The lowest BCUT2D eigenvalue weighted by Crippen LogP contribution is -2.48. The molecule has 1 saturated carbocycles. The Morgan fingerprint density at radius 2 is 1.61 bits per heavy atom. The van der Waals surface area contributed by atoms with Crippen molar-refractivity contribution in [3.8, 4) is 0 Å². The molecule has 1 saturated heterocycles. The predicted octanol–water partition coefficient (Wildman–Crippen LogP) is 4.70. The van der Waals surface area contributed by atoms with E-state index in [1.54, 1.807) is 0 Å². The molecule has 1 aliphatic carbocycles. The lowest BCUT2D eigenvalue weighted by atomic mass is 9.83. The zero-order chi connectivity index (χ0) is 23.3. The molecule has 1 heterocycles. The third-order valence-electron chi connectivity index (χ3n) is 7.38. The molecule has 0 aromatic heterocycles. The Hall–Kier alpha value is -1.73. The lowest BCUT2D eigenvalue weighted by Gasteiger charge is -2.34. The first-order valence-electron chi connectivity index (χ1n) is 12.4. The first-order chi connectivity index (χ1) is 15.9. The summed E-state index contributed by atoms with van der Waals surface area (Å²) in [6.45, 7) is 3.57. The summed E-state index contributed by atoms with van der Waals surface area (Å²) >= 11 is 0. The van der Waals surface area contributed by atoms with E-state index in [1.807, 2.05) is 6.07 Å². The van der Waals surface area contributed by atoms with Gasteiger partial charge in [0.1, 0.15) is 0 Å². The highest BCUT2D eigenvalue weighted by Crippen LogP contribution is 2.35. The molecule has 0 radical (unpaired) electrons. The molecule has 33 heavy (non-hydrogen) atoms. The van der Waals surface area contributed by atoms with Gasteiger partial charge in [-0.3, -0.25) is 4.90 Å². The summed E-state index contributed by atoms with van der Waals surface area (Å²) in [7, 11) is -3.28. The van der Waals surface area contributed by atoms with E-state index in [1.165, 1.54) is 17.4 Å². The molecular weight excluding hydrogens is 432 g/mol. The van der Waals surface area contributed by atoms with E-state index >= 15 is 0 Å². The third-order valence-corrected chi connectivity index (χ3v) is 8.11. The predicted molar refractivity (Wildman–Crippen MR) is 134 cm³/mol. The van der Waals surface area contributed by atoms with Crippen molar-refractivity contribution in [3.63, 3.8) is 0 Å². The molecule has 1 aliphatic heterocycles. The van der Waals surface area contributed by atoms with Crippen molar-refractivity contribution < 1.29 is 13.2 Å². The van der Waals surface area contributed by atoms with Crippen LogP contribution in [0.1, 0.15) is 62.5 Å². The fourth-order valence-electron chi connectivity index (χ4n) is 5.67. The van der Waals surface area contributed by atoms with Gasteiger partial charge < -0.3 is 4.74 Å². The van der Waals surface area contributed by atoms with Gasteiger partial charge >= 0.3 is 0 Å². The maximum atomic E-state index is 12.1. The number of sulfonamides is 1. The first-order valence-corrected chi connectivity index (χ1v) is 14.3. The minimum atomic E-state index is -3.28. The van der Waals surface area contributed by atoms with Crippen molar-refractivity contribution in [2.75, 3.05) is 12.9 Å². The van der Waals surface area contributed by atoms with Gasteiger partial charge in [0.25, 0.3) is 0 Å². The van der Waals surface area contributed by atoms with E-state index in [4.69, 9.17) is 4.74 Å². The molecule has 0 bridgehead atoms. The fraction of sp³-hybridized carbons (Fsp3) is 0.556. The highest BCUT2D eigenvalue weighted by Gasteiger charge is 2.42. The van der Waals surface area contributed by atoms with Gasteiger partial charge in [-0.05, 0) is 55.6 Å². The van der Waals surface area contributed by atoms with Gasteiger partial charge in [0.15, 0.2) is 0 Å². The van der Waals surface area contributed by atoms with E-state index in [0.29, 0.717) is 18.6 Å². The molecule has 2 unspecified atom stereocenters. The molecule has 2 aliphatic rings. The van der Waals surface area contributed by atoms with E-state index in [-0.39, 0.29) is 18.2 Å². The van der Waals surface area contributed by atoms with Gasteiger partial charge in [0.05, 0.1) is 25.0 Å². The highest BCUT2D eigenvalue weighted by atomic mass is 32.2. The Labute approximate surface area is 199 Å². The Morgan fingerprint density at radius 1 is 0.970 bits per heavy atom. The van der Waals surface area contributed by atoms with E-state index in [0.717, 1.165) is 45.1 Å². The van der Waals surface area contributed by atoms with E-state index in [9.17, 15) is 8.42 Å². The van der Waals surface area contributed by atoms with Crippen molar-refractivity contribution >= 4 is 10.0 Å². The number of nitrogens with zero attached hydrogens (tertiary/aromatic N) is 1. The molecule has 0 spiro atoms.